The van der Waals surface area contributed by atoms with E-state index in [1.165, 1.54) is 24.3 Å². The van der Waals surface area contributed by atoms with E-state index in [4.69, 9.17) is 9.84 Å². The van der Waals surface area contributed by atoms with E-state index in [-0.39, 0.29) is 35.9 Å². The van der Waals surface area contributed by atoms with Gasteiger partial charge in [0.05, 0.1) is 36.4 Å². The molecule has 10 heteroatoms. The molecule has 2 N–H and O–H groups in total. The summed E-state index contributed by atoms with van der Waals surface area (Å²) in [4.78, 5) is 28.4. The van der Waals surface area contributed by atoms with E-state index in [2.05, 4.69) is 5.32 Å². The minimum atomic E-state index is -3.43. The van der Waals surface area contributed by atoms with Crippen LogP contribution in [0.25, 0.3) is 0 Å². The maximum atomic E-state index is 12.7. The monoisotopic (exact) mass is 423 g/mol. The molecule has 0 spiro atoms. The molecule has 9 nitrogen and oxygen atoms in total. The van der Waals surface area contributed by atoms with Crippen molar-refractivity contribution in [2.24, 2.45) is 0 Å². The Labute approximate surface area is 169 Å². The Balaban J connectivity index is 1.98. The summed E-state index contributed by atoms with van der Waals surface area (Å²) in [5.41, 5.74) is 1.31. The third-order valence-corrected chi connectivity index (χ3v) is 6.17. The molecule has 0 atom stereocenters. The molecule has 2 aliphatic rings. The second kappa shape index (κ2) is 8.42. The van der Waals surface area contributed by atoms with Crippen molar-refractivity contribution >= 4 is 33.1 Å². The average Bonchev–Trinajstić information content (AvgIpc) is 3.31. The van der Waals surface area contributed by atoms with E-state index in [0.29, 0.717) is 11.4 Å². The predicted molar refractivity (Wildman–Crippen MR) is 107 cm³/mol. The van der Waals surface area contributed by atoms with Gasteiger partial charge in [-0.25, -0.2) is 13.2 Å². The lowest BCUT2D eigenvalue weighted by Crippen LogP contribution is -2.31. The second-order valence-electron chi connectivity index (χ2n) is 7.07. The number of amides is 1. The van der Waals surface area contributed by atoms with Gasteiger partial charge in [0.25, 0.3) is 5.91 Å². The van der Waals surface area contributed by atoms with Gasteiger partial charge in [0, 0.05) is 31.6 Å². The first-order chi connectivity index (χ1) is 13.8. The number of nitrogens with zero attached hydrogens (tertiary/aromatic N) is 2. The van der Waals surface area contributed by atoms with Gasteiger partial charge in [-0.2, -0.15) is 0 Å². The quantitative estimate of drug-likeness (QED) is 0.604. The Hall–Kier alpha value is -2.59. The zero-order chi connectivity index (χ0) is 21.2. The zero-order valence-corrected chi connectivity index (χ0v) is 17.3. The molecule has 0 aliphatic carbocycles. The topological polar surface area (TPSA) is 116 Å². The van der Waals surface area contributed by atoms with Crippen molar-refractivity contribution in [1.29, 1.82) is 0 Å². The van der Waals surface area contributed by atoms with Crippen LogP contribution in [0.4, 0.5) is 11.4 Å². The van der Waals surface area contributed by atoms with Crippen LogP contribution in [-0.2, 0) is 24.2 Å². The first-order valence-electron chi connectivity index (χ1n) is 9.34. The second-order valence-corrected chi connectivity index (χ2v) is 9.05. The number of β-amino-alcohol motifs (C(OH)–C–C–N with tert-alkyl or cyclic N) is 1. The number of benzene rings is 1. The van der Waals surface area contributed by atoms with Crippen molar-refractivity contribution < 1.29 is 27.9 Å². The highest BCUT2D eigenvalue weighted by Crippen LogP contribution is 2.32. The van der Waals surface area contributed by atoms with Crippen LogP contribution < -0.4 is 10.2 Å². The summed E-state index contributed by atoms with van der Waals surface area (Å²) >= 11 is 0. The number of nitrogens with one attached hydrogen (secondary N) is 1. The molecule has 1 amide bonds. The van der Waals surface area contributed by atoms with Crippen LogP contribution in [-0.4, -0.2) is 76.5 Å². The molecular formula is C19H25N3O6S. The minimum Gasteiger partial charge on any atom is -0.466 e. The van der Waals surface area contributed by atoms with Gasteiger partial charge in [-0.3, -0.25) is 4.79 Å². The lowest BCUT2D eigenvalue weighted by Gasteiger charge is -2.22. The van der Waals surface area contributed by atoms with Crippen molar-refractivity contribution in [1.82, 2.24) is 4.90 Å². The van der Waals surface area contributed by atoms with Crippen LogP contribution in [0.15, 0.2) is 34.4 Å². The number of ether oxygens (including phenoxy) is 1. The molecule has 0 radical (unpaired) electrons. The lowest BCUT2D eigenvalue weighted by atomic mass is 10.2. The molecule has 2 heterocycles. The van der Waals surface area contributed by atoms with Crippen LogP contribution in [0, 0.1) is 0 Å². The Morgan fingerprint density at radius 3 is 2.55 bits per heavy atom. The molecule has 1 saturated heterocycles. The Morgan fingerprint density at radius 2 is 1.97 bits per heavy atom. The van der Waals surface area contributed by atoms with E-state index in [9.17, 15) is 18.0 Å². The summed E-state index contributed by atoms with van der Waals surface area (Å²) in [5.74, 6) is -1.05. The van der Waals surface area contributed by atoms with Crippen molar-refractivity contribution in [3.05, 3.63) is 29.5 Å². The van der Waals surface area contributed by atoms with Gasteiger partial charge >= 0.3 is 5.97 Å². The highest BCUT2D eigenvalue weighted by Gasteiger charge is 2.34. The van der Waals surface area contributed by atoms with Crippen molar-refractivity contribution in [2.75, 3.05) is 56.4 Å². The fraction of sp³-hybridized carbons (Fsp3) is 0.474. The fourth-order valence-corrected chi connectivity index (χ4v) is 4.49. The van der Waals surface area contributed by atoms with E-state index >= 15 is 0 Å². The zero-order valence-electron chi connectivity index (χ0n) is 16.5. The number of esters is 1. The van der Waals surface area contributed by atoms with Gasteiger partial charge in [-0.1, -0.05) is 0 Å². The van der Waals surface area contributed by atoms with Crippen LogP contribution in [0.1, 0.15) is 12.8 Å². The number of rotatable bonds is 7. The normalized spacial score (nSPS) is 17.3. The first-order valence-corrected chi connectivity index (χ1v) is 11.2. The first kappa shape index (κ1) is 21.1. The predicted octanol–water partition coefficient (Wildman–Crippen LogP) is 0.364. The van der Waals surface area contributed by atoms with Crippen LogP contribution >= 0.6 is 0 Å². The third-order valence-electron chi connectivity index (χ3n) is 5.03. The lowest BCUT2D eigenvalue weighted by molar-refractivity contribution is -0.136. The SMILES string of the molecule is COC(=O)C1=C(Nc2ccc(S(C)(=O)=O)c(N3CCCC3)c2)C(=O)N(CCO)C1. The van der Waals surface area contributed by atoms with Gasteiger partial charge in [0.2, 0.25) is 0 Å². The van der Waals surface area contributed by atoms with Gasteiger partial charge in [-0.15, -0.1) is 0 Å². The van der Waals surface area contributed by atoms with Crippen molar-refractivity contribution in [2.45, 2.75) is 17.7 Å². The van der Waals surface area contributed by atoms with E-state index < -0.39 is 21.7 Å². The molecule has 3 rings (SSSR count). The van der Waals surface area contributed by atoms with Gasteiger partial charge in [-0.05, 0) is 31.0 Å². The molecule has 29 heavy (non-hydrogen) atoms. The third kappa shape index (κ3) is 4.38. The average molecular weight is 423 g/mol. The van der Waals surface area contributed by atoms with E-state index in [1.54, 1.807) is 12.1 Å². The molecule has 0 bridgehead atoms. The summed E-state index contributed by atoms with van der Waals surface area (Å²) < 4.78 is 29.2. The van der Waals surface area contributed by atoms with Gasteiger partial charge in [0.1, 0.15) is 5.70 Å². The summed E-state index contributed by atoms with van der Waals surface area (Å²) in [5, 5.41) is 12.1. The molecule has 158 valence electrons. The number of anilines is 2. The van der Waals surface area contributed by atoms with Gasteiger partial charge in [0.15, 0.2) is 9.84 Å². The van der Waals surface area contributed by atoms with Gasteiger partial charge < -0.3 is 25.0 Å². The number of carbonyl (C=O) groups is 2. The van der Waals surface area contributed by atoms with E-state index in [1.807, 2.05) is 4.90 Å². The molecule has 1 aromatic rings. The largest absolute Gasteiger partial charge is 0.466 e. The molecule has 0 saturated carbocycles. The molecule has 1 fully saturated rings. The Morgan fingerprint density at radius 1 is 1.28 bits per heavy atom. The molecular weight excluding hydrogens is 398 g/mol. The fourth-order valence-electron chi connectivity index (χ4n) is 3.61. The van der Waals surface area contributed by atoms with Crippen LogP contribution in [0.3, 0.4) is 0 Å². The summed E-state index contributed by atoms with van der Waals surface area (Å²) in [6.07, 6.45) is 3.13. The smallest absolute Gasteiger partial charge is 0.337 e. The standard InChI is InChI=1S/C19H25N3O6S/c1-28-19(25)14-12-22(9-10-23)18(24)17(14)20-13-5-6-16(29(2,26)27)15(11-13)21-7-3-4-8-21/h5-6,11,20,23H,3-4,7-10,12H2,1-2H3. The number of sulfone groups is 1. The highest BCUT2D eigenvalue weighted by molar-refractivity contribution is 7.90. The number of aliphatic hydroxyl groups excluding tert-OH is 1. The van der Waals surface area contributed by atoms with Crippen molar-refractivity contribution in [3.8, 4) is 0 Å². The van der Waals surface area contributed by atoms with E-state index in [0.717, 1.165) is 25.9 Å². The number of aliphatic hydroxyl groups is 1. The van der Waals surface area contributed by atoms with Crippen LogP contribution in [0.5, 0.6) is 0 Å². The maximum absolute atomic E-state index is 12.7. The summed E-state index contributed by atoms with van der Waals surface area (Å²) in [7, 11) is -2.19. The molecule has 2 aliphatic heterocycles. The number of methoxy groups -OCH3 is 1. The summed E-state index contributed by atoms with van der Waals surface area (Å²) in [6.45, 7) is 1.41. The maximum Gasteiger partial charge on any atom is 0.337 e. The van der Waals surface area contributed by atoms with Crippen LogP contribution in [0.2, 0.25) is 0 Å². The van der Waals surface area contributed by atoms with Crippen molar-refractivity contribution in [3.63, 3.8) is 0 Å². The molecule has 0 aromatic heterocycles. The Bertz CT molecular complexity index is 951. The minimum absolute atomic E-state index is 0.0365. The number of hydrogen-bond acceptors (Lipinski definition) is 8. The number of carbonyl (C=O) groups excluding carboxylic acids is 2. The molecule has 0 unspecified atom stereocenters. The Kier molecular flexibility index (Phi) is 6.13. The highest BCUT2D eigenvalue weighted by atomic mass is 32.2. The summed E-state index contributed by atoms with van der Waals surface area (Å²) in [6, 6.07) is 4.76. The molecule has 1 aromatic carbocycles. The number of hydrogen-bond donors (Lipinski definition) is 2.